The minimum absolute atomic E-state index is 0.0469. The molecule has 56 heavy (non-hydrogen) atoms. The average Bonchev–Trinajstić information content (AvgIpc) is 3.69. The van der Waals surface area contributed by atoms with E-state index in [1.54, 1.807) is 0 Å². The van der Waals surface area contributed by atoms with Crippen molar-refractivity contribution in [2.24, 2.45) is 67.1 Å². The average molecular weight is 774 g/mol. The van der Waals surface area contributed by atoms with E-state index in [0.29, 0.717) is 41.9 Å². The second-order valence-corrected chi connectivity index (χ2v) is 22.4. The van der Waals surface area contributed by atoms with Crippen LogP contribution < -0.4 is 0 Å². The molecular formula is C48H75N3O5. The monoisotopic (exact) mass is 774 g/mol. The SMILES string of the molecule is C=C(C)[C@@H]1CC[C@]2(CC(=O)N3CCN(CC4=NCC(C)=C4)CC3)CC[C@]3(C)[C@H](CC[C@@H]4[C@@]5(C)CC[C@H](OC(=O)CC(C)(C)CC(=O)O)C(C)(C)[C@@H]5CC[C@]43C)[C@@H]12. The Morgan fingerprint density at radius 2 is 1.61 bits per heavy atom. The van der Waals surface area contributed by atoms with Crippen LogP contribution in [0.15, 0.2) is 28.8 Å². The van der Waals surface area contributed by atoms with Gasteiger partial charge in [0.05, 0.1) is 19.4 Å². The number of carboxylic acid groups (broad SMARTS) is 1. The minimum atomic E-state index is -0.881. The molecule has 6 fully saturated rings. The number of carbonyl (C=O) groups excluding carboxylic acids is 2. The number of aliphatic imine (C=N–C) groups is 1. The van der Waals surface area contributed by atoms with E-state index in [4.69, 9.17) is 9.73 Å². The van der Waals surface area contributed by atoms with Crippen LogP contribution in [0.2, 0.25) is 0 Å². The number of nitrogens with zero attached hydrogens (tertiary/aromatic N) is 3. The second-order valence-electron chi connectivity index (χ2n) is 22.4. The second kappa shape index (κ2) is 14.7. The summed E-state index contributed by atoms with van der Waals surface area (Å²) in [6, 6.07) is 0. The number of hydrogen-bond acceptors (Lipinski definition) is 6. The smallest absolute Gasteiger partial charge is 0.306 e. The molecule has 0 unspecified atom stereocenters. The first-order valence-electron chi connectivity index (χ1n) is 22.4. The van der Waals surface area contributed by atoms with E-state index in [9.17, 15) is 19.5 Å². The highest BCUT2D eigenvalue weighted by molar-refractivity contribution is 5.99. The van der Waals surface area contributed by atoms with Crippen molar-refractivity contribution in [3.8, 4) is 0 Å². The zero-order chi connectivity index (χ0) is 40.6. The van der Waals surface area contributed by atoms with Gasteiger partial charge in [0, 0.05) is 50.3 Å². The molecule has 5 saturated carbocycles. The van der Waals surface area contributed by atoms with Crippen LogP contribution in [0.25, 0.3) is 0 Å². The van der Waals surface area contributed by atoms with E-state index in [0.717, 1.165) is 71.4 Å². The molecular weight excluding hydrogens is 699 g/mol. The number of hydrogen-bond donors (Lipinski definition) is 1. The number of carbonyl (C=O) groups is 3. The third-order valence-electron chi connectivity index (χ3n) is 18.3. The summed E-state index contributed by atoms with van der Waals surface area (Å²) in [5.74, 6) is 1.89. The number of esters is 1. The fourth-order valence-corrected chi connectivity index (χ4v) is 15.3. The van der Waals surface area contributed by atoms with Crippen LogP contribution in [0.3, 0.4) is 0 Å². The number of rotatable bonds is 10. The van der Waals surface area contributed by atoms with Crippen LogP contribution >= 0.6 is 0 Å². The van der Waals surface area contributed by atoms with Crippen LogP contribution in [-0.2, 0) is 19.1 Å². The summed E-state index contributed by atoms with van der Waals surface area (Å²) in [4.78, 5) is 48.4. The quantitative estimate of drug-likeness (QED) is 0.176. The Morgan fingerprint density at radius 1 is 0.893 bits per heavy atom. The van der Waals surface area contributed by atoms with Gasteiger partial charge in [-0.05, 0) is 141 Å². The molecule has 8 nitrogen and oxygen atoms in total. The first-order chi connectivity index (χ1) is 26.1. The summed E-state index contributed by atoms with van der Waals surface area (Å²) in [5, 5.41) is 9.38. The molecule has 0 spiro atoms. The highest BCUT2D eigenvalue weighted by atomic mass is 16.5. The summed E-state index contributed by atoms with van der Waals surface area (Å²) < 4.78 is 6.31. The lowest BCUT2D eigenvalue weighted by Gasteiger charge is -2.73. The van der Waals surface area contributed by atoms with Gasteiger partial charge in [0.2, 0.25) is 5.91 Å². The standard InChI is InChI=1S/C48H75N3O5/c1-31(2)34-13-18-48(26-39(52)51-23-21-50(22-24-51)30-33-25-32(3)29-49-33)20-19-46(9)35(42(34)48)11-12-37-45(8)16-15-38(44(6,7)36(45)14-17-47(37,46)10)56-41(55)28-43(4,5)27-40(53)54/h25,34-38,42H,1,11-24,26-30H2,2-10H3,(H,53,54)/t34-,35+,36-,37+,38-,42+,45-,46+,47+,48+/m0/s1. The normalized spacial score (nSPS) is 40.7. The summed E-state index contributed by atoms with van der Waals surface area (Å²) in [5.41, 5.74) is 3.67. The van der Waals surface area contributed by atoms with Gasteiger partial charge in [0.15, 0.2) is 0 Å². The molecule has 0 aromatic carbocycles. The first-order valence-corrected chi connectivity index (χ1v) is 22.4. The summed E-state index contributed by atoms with van der Waals surface area (Å²) in [6.45, 7) is 30.5. The summed E-state index contributed by atoms with van der Waals surface area (Å²) >= 11 is 0. The van der Waals surface area contributed by atoms with Crippen molar-refractivity contribution in [1.82, 2.24) is 9.80 Å². The van der Waals surface area contributed by atoms with Gasteiger partial charge in [-0.3, -0.25) is 24.3 Å². The highest BCUT2D eigenvalue weighted by Gasteiger charge is 2.71. The van der Waals surface area contributed by atoms with E-state index in [-0.39, 0.29) is 52.0 Å². The van der Waals surface area contributed by atoms with Crippen LogP contribution in [-0.4, -0.2) is 83.8 Å². The zero-order valence-electron chi connectivity index (χ0n) is 36.6. The maximum Gasteiger partial charge on any atom is 0.306 e. The Labute approximate surface area is 338 Å². The lowest BCUT2D eigenvalue weighted by molar-refractivity contribution is -0.250. The number of piperazine rings is 1. The van der Waals surface area contributed by atoms with E-state index in [1.807, 2.05) is 13.8 Å². The molecule has 0 bridgehead atoms. The fraction of sp³-hybridized carbons (Fsp3) is 0.833. The van der Waals surface area contributed by atoms with E-state index < -0.39 is 11.4 Å². The lowest BCUT2D eigenvalue weighted by atomic mass is 9.32. The number of ether oxygens (including phenoxy) is 1. The first kappa shape index (κ1) is 41.7. The van der Waals surface area contributed by atoms with Gasteiger partial charge in [0.1, 0.15) is 6.10 Å². The molecule has 2 heterocycles. The van der Waals surface area contributed by atoms with Crippen molar-refractivity contribution in [2.45, 2.75) is 152 Å². The van der Waals surface area contributed by atoms with Crippen molar-refractivity contribution in [2.75, 3.05) is 39.3 Å². The molecule has 2 aliphatic heterocycles. The Hall–Kier alpha value is -2.48. The van der Waals surface area contributed by atoms with Gasteiger partial charge in [0.25, 0.3) is 0 Å². The summed E-state index contributed by atoms with van der Waals surface area (Å²) in [6.07, 6.45) is 14.3. The Morgan fingerprint density at radius 3 is 2.25 bits per heavy atom. The van der Waals surface area contributed by atoms with Crippen molar-refractivity contribution in [3.05, 3.63) is 23.8 Å². The van der Waals surface area contributed by atoms with Gasteiger partial charge in [-0.1, -0.05) is 66.2 Å². The third kappa shape index (κ3) is 7.06. The maximum atomic E-state index is 14.4. The molecule has 10 atom stereocenters. The van der Waals surface area contributed by atoms with Gasteiger partial charge in [-0.25, -0.2) is 0 Å². The Balaban J connectivity index is 1.06. The molecule has 0 aromatic heterocycles. The molecule has 0 aromatic rings. The van der Waals surface area contributed by atoms with Gasteiger partial charge < -0.3 is 14.7 Å². The van der Waals surface area contributed by atoms with E-state index in [1.165, 1.54) is 49.0 Å². The van der Waals surface area contributed by atoms with Crippen molar-refractivity contribution >= 4 is 23.6 Å². The number of fused-ring (bicyclic) bond motifs is 7. The minimum Gasteiger partial charge on any atom is -0.481 e. The zero-order valence-corrected chi connectivity index (χ0v) is 36.6. The predicted molar refractivity (Wildman–Crippen MR) is 223 cm³/mol. The molecule has 1 saturated heterocycles. The number of aliphatic carboxylic acids is 1. The fourth-order valence-electron chi connectivity index (χ4n) is 15.3. The molecule has 7 rings (SSSR count). The van der Waals surface area contributed by atoms with E-state index >= 15 is 0 Å². The molecule has 1 amide bonds. The number of amides is 1. The number of carboxylic acids is 1. The van der Waals surface area contributed by atoms with Gasteiger partial charge in [-0.2, -0.15) is 0 Å². The largest absolute Gasteiger partial charge is 0.481 e. The highest BCUT2D eigenvalue weighted by Crippen LogP contribution is 2.78. The van der Waals surface area contributed by atoms with Crippen molar-refractivity contribution < 1.29 is 24.2 Å². The van der Waals surface area contributed by atoms with Crippen LogP contribution in [0.5, 0.6) is 0 Å². The van der Waals surface area contributed by atoms with Crippen LogP contribution in [0.4, 0.5) is 0 Å². The van der Waals surface area contributed by atoms with Gasteiger partial charge in [-0.15, -0.1) is 0 Å². The predicted octanol–water partition coefficient (Wildman–Crippen LogP) is 9.38. The Kier molecular flexibility index (Phi) is 10.9. The van der Waals surface area contributed by atoms with Crippen molar-refractivity contribution in [1.29, 1.82) is 0 Å². The molecule has 7 aliphatic rings. The molecule has 1 N–H and O–H groups in total. The van der Waals surface area contributed by atoms with E-state index in [2.05, 4.69) is 70.9 Å². The molecule has 0 radical (unpaired) electrons. The maximum absolute atomic E-state index is 14.4. The van der Waals surface area contributed by atoms with Gasteiger partial charge >= 0.3 is 11.9 Å². The van der Waals surface area contributed by atoms with Crippen molar-refractivity contribution in [3.63, 3.8) is 0 Å². The van der Waals surface area contributed by atoms with Crippen LogP contribution in [0.1, 0.15) is 146 Å². The third-order valence-corrected chi connectivity index (χ3v) is 18.3. The topological polar surface area (TPSA) is 99.5 Å². The molecule has 312 valence electrons. The van der Waals surface area contributed by atoms with Crippen LogP contribution in [0, 0.1) is 62.1 Å². The lowest BCUT2D eigenvalue weighted by Crippen LogP contribution is -2.67. The number of allylic oxidation sites excluding steroid dienone is 1. The Bertz CT molecular complexity index is 1650. The summed E-state index contributed by atoms with van der Waals surface area (Å²) in [7, 11) is 0. The molecule has 8 heteroatoms. The molecule has 5 aliphatic carbocycles.